The Kier molecular flexibility index (Phi) is 5.76. The molecule has 1 aliphatic rings. The maximum absolute atomic E-state index is 6.59. The van der Waals surface area contributed by atoms with Gasteiger partial charge in [0.25, 0.3) is 0 Å². The van der Waals surface area contributed by atoms with Crippen molar-refractivity contribution in [2.45, 2.75) is 109 Å². The summed E-state index contributed by atoms with van der Waals surface area (Å²) < 4.78 is 13.2. The average Bonchev–Trinajstić information content (AvgIpc) is 2.38. The van der Waals surface area contributed by atoms with E-state index in [0.29, 0.717) is 0 Å². The molecule has 2 nitrogen and oxygen atoms in total. The van der Waals surface area contributed by atoms with Crippen LogP contribution in [0.5, 0.6) is 0 Å². The van der Waals surface area contributed by atoms with Crippen LogP contribution < -0.4 is 0 Å². The topological polar surface area (TPSA) is 18.5 Å². The first kappa shape index (κ1) is 21.7. The van der Waals surface area contributed by atoms with Gasteiger partial charge in [-0.3, -0.25) is 0 Å². The molecule has 0 aromatic carbocycles. The molecule has 6 heteroatoms. The molecule has 0 aromatic heterocycles. The maximum atomic E-state index is 6.59. The lowest BCUT2D eigenvalue weighted by atomic mass is 9.90. The van der Waals surface area contributed by atoms with Gasteiger partial charge in [0.15, 0.2) is 0 Å². The first-order valence-electron chi connectivity index (χ1n) is 9.03. The molecule has 0 unspecified atom stereocenters. The Morgan fingerprint density at radius 2 is 1.09 bits per heavy atom. The Labute approximate surface area is 149 Å². The highest BCUT2D eigenvalue weighted by molar-refractivity contribution is 7.29. The van der Waals surface area contributed by atoms with E-state index in [-0.39, 0.29) is 23.0 Å². The summed E-state index contributed by atoms with van der Waals surface area (Å²) >= 11 is 0. The molecule has 1 fully saturated rings. The van der Waals surface area contributed by atoms with Crippen molar-refractivity contribution in [2.75, 3.05) is 0 Å². The first-order valence-corrected chi connectivity index (χ1v) is 17.8. The van der Waals surface area contributed by atoms with Crippen LogP contribution in [0.1, 0.15) is 48.5 Å². The molecule has 1 aliphatic heterocycles. The van der Waals surface area contributed by atoms with Crippen LogP contribution in [0.2, 0.25) is 49.1 Å². The first-order chi connectivity index (χ1) is 9.81. The molecule has 1 heterocycles. The van der Waals surface area contributed by atoms with Crippen LogP contribution in [0.3, 0.4) is 0 Å². The predicted molar refractivity (Wildman–Crippen MR) is 112 cm³/mol. The molecular formula is C17H40BO2Si3. The van der Waals surface area contributed by atoms with Crippen LogP contribution >= 0.6 is 0 Å². The lowest BCUT2D eigenvalue weighted by Crippen LogP contribution is -2.61. The predicted octanol–water partition coefficient (Wildman–Crippen LogP) is 5.58. The molecule has 0 saturated carbocycles. The van der Waals surface area contributed by atoms with E-state index in [2.05, 4.69) is 87.7 Å². The van der Waals surface area contributed by atoms with Crippen molar-refractivity contribution < 1.29 is 9.31 Å². The fraction of sp³-hybridized carbons (Fsp3) is 1.00. The minimum Gasteiger partial charge on any atom is -0.406 e. The second-order valence-corrected chi connectivity index (χ2v) is 27.3. The van der Waals surface area contributed by atoms with E-state index in [9.17, 15) is 0 Å². The molecule has 0 spiro atoms. The van der Waals surface area contributed by atoms with Gasteiger partial charge in [-0.05, 0) is 32.7 Å². The summed E-state index contributed by atoms with van der Waals surface area (Å²) in [6.07, 6.45) is 0. The third-order valence-corrected chi connectivity index (χ3v) is 24.2. The summed E-state index contributed by atoms with van der Waals surface area (Å²) in [6.45, 7) is 31.3. The largest absolute Gasteiger partial charge is 0.430 e. The average molecular weight is 372 g/mol. The minimum atomic E-state index is -1.31. The molecule has 135 valence electrons. The van der Waals surface area contributed by atoms with Gasteiger partial charge in [0.05, 0.1) is 11.2 Å². The molecule has 1 saturated heterocycles. The second kappa shape index (κ2) is 6.11. The van der Waals surface area contributed by atoms with Gasteiger partial charge in [0.1, 0.15) is 8.67 Å². The quantitative estimate of drug-likeness (QED) is 0.601. The Morgan fingerprint density at radius 3 is 1.30 bits per heavy atom. The number of rotatable bonds is 4. The molecule has 0 N–H and O–H groups in total. The Bertz CT molecular complexity index is 401. The van der Waals surface area contributed by atoms with E-state index in [1.54, 1.807) is 0 Å². The summed E-state index contributed by atoms with van der Waals surface area (Å²) in [5, 5.41) is 0.275. The summed E-state index contributed by atoms with van der Waals surface area (Å²) in [5.41, 5.74) is -0.440. The highest BCUT2D eigenvalue weighted by Crippen LogP contribution is 2.49. The van der Waals surface area contributed by atoms with Gasteiger partial charge in [-0.25, -0.2) is 0 Å². The smallest absolute Gasteiger partial charge is 0.406 e. The fourth-order valence-electron chi connectivity index (χ4n) is 4.12. The highest BCUT2D eigenvalue weighted by atomic mass is 28.4. The number of hydrogen-bond donors (Lipinski definition) is 0. The van der Waals surface area contributed by atoms with Gasteiger partial charge in [0, 0.05) is 16.1 Å². The van der Waals surface area contributed by atoms with Crippen LogP contribution in [-0.4, -0.2) is 42.7 Å². The molecule has 0 amide bonds. The lowest BCUT2D eigenvalue weighted by Gasteiger charge is -2.48. The van der Waals surface area contributed by atoms with Crippen LogP contribution in [0, 0.1) is 0 Å². The van der Waals surface area contributed by atoms with E-state index in [0.717, 1.165) is 4.79 Å². The zero-order valence-electron chi connectivity index (χ0n) is 18.0. The van der Waals surface area contributed by atoms with E-state index in [1.165, 1.54) is 0 Å². The van der Waals surface area contributed by atoms with Crippen molar-refractivity contribution in [2.24, 2.45) is 0 Å². The second-order valence-electron chi connectivity index (χ2n) is 11.5. The summed E-state index contributed by atoms with van der Waals surface area (Å²) in [5.74, 6) is 0. The molecular weight excluding hydrogens is 331 g/mol. The minimum absolute atomic E-state index is 0.00782. The fourth-order valence-corrected chi connectivity index (χ4v) is 28.1. The van der Waals surface area contributed by atoms with Crippen molar-refractivity contribution >= 4 is 31.5 Å². The molecule has 0 aliphatic carbocycles. The van der Waals surface area contributed by atoms with Crippen molar-refractivity contribution in [3.05, 3.63) is 0 Å². The van der Waals surface area contributed by atoms with Crippen molar-refractivity contribution in [1.29, 1.82) is 0 Å². The van der Waals surface area contributed by atoms with Crippen LogP contribution in [-0.2, 0) is 9.31 Å². The summed E-state index contributed by atoms with van der Waals surface area (Å²) in [4.78, 5) is 0.856. The maximum Gasteiger partial charge on any atom is 0.430 e. The molecule has 0 bridgehead atoms. The van der Waals surface area contributed by atoms with Gasteiger partial charge in [-0.1, -0.05) is 64.8 Å². The van der Waals surface area contributed by atoms with E-state index in [4.69, 9.17) is 9.31 Å². The highest BCUT2D eigenvalue weighted by Gasteiger charge is 2.61. The Hall–Kier alpha value is 0.636. The van der Waals surface area contributed by atoms with Crippen molar-refractivity contribution in [3.63, 3.8) is 0 Å². The zero-order valence-corrected chi connectivity index (χ0v) is 21.0. The molecule has 0 aromatic rings. The van der Waals surface area contributed by atoms with Crippen LogP contribution in [0.4, 0.5) is 0 Å². The molecule has 1 radical (unpaired) electrons. The summed E-state index contributed by atoms with van der Waals surface area (Å²) in [7, 11) is -3.47. The molecule has 0 atom stereocenters. The Morgan fingerprint density at radius 1 is 0.783 bits per heavy atom. The normalized spacial score (nSPS) is 22.3. The van der Waals surface area contributed by atoms with Gasteiger partial charge in [-0.2, -0.15) is 0 Å². The van der Waals surface area contributed by atoms with Gasteiger partial charge in [-0.15, -0.1) is 0 Å². The van der Waals surface area contributed by atoms with Crippen molar-refractivity contribution in [1.82, 2.24) is 0 Å². The van der Waals surface area contributed by atoms with Crippen LogP contribution in [0.25, 0.3) is 0 Å². The van der Waals surface area contributed by atoms with Crippen LogP contribution in [0.15, 0.2) is 0 Å². The molecule has 23 heavy (non-hydrogen) atoms. The van der Waals surface area contributed by atoms with E-state index < -0.39 is 24.8 Å². The third kappa shape index (κ3) is 4.63. The monoisotopic (exact) mass is 371 g/mol. The van der Waals surface area contributed by atoms with E-state index in [1.807, 2.05) is 0 Å². The Balaban J connectivity index is 3.37. The SMILES string of the molecule is CC(C)(C)[Si](B1OC(C)(C)C(C)(C)O1)C([Si](C)(C)C)[Si](C)(C)C. The van der Waals surface area contributed by atoms with Gasteiger partial charge >= 0.3 is 6.71 Å². The molecule has 1 rings (SSSR count). The third-order valence-electron chi connectivity index (χ3n) is 5.42. The van der Waals surface area contributed by atoms with E-state index >= 15 is 0 Å². The standard InChI is InChI=1S/C17H40BO2Si3/c1-15(2,3)21(14(22(8,9)10)23(11,12)13)18-19-16(4,5)17(6,7)20-18/h14H,1-13H3. The summed E-state index contributed by atoms with van der Waals surface area (Å²) in [6, 6.07) is 0. The van der Waals surface area contributed by atoms with Gasteiger partial charge < -0.3 is 9.31 Å². The zero-order chi connectivity index (χ0) is 18.6. The van der Waals surface area contributed by atoms with Crippen molar-refractivity contribution in [3.8, 4) is 0 Å². The lowest BCUT2D eigenvalue weighted by molar-refractivity contribution is 0.00578. The number of hydrogen-bond acceptors (Lipinski definition) is 2. The van der Waals surface area contributed by atoms with Gasteiger partial charge in [0.2, 0.25) is 0 Å².